The van der Waals surface area contributed by atoms with Crippen molar-refractivity contribution in [3.8, 4) is 0 Å². The molecule has 1 aliphatic heterocycles. The minimum Gasteiger partial charge on any atom is -0.462 e. The molecule has 0 unspecified atom stereocenters. The van der Waals surface area contributed by atoms with Gasteiger partial charge in [0, 0.05) is 18.0 Å². The molecule has 1 aromatic carbocycles. The lowest BCUT2D eigenvalue weighted by atomic mass is 10.1. The van der Waals surface area contributed by atoms with Crippen LogP contribution in [0.15, 0.2) is 36.4 Å². The first-order chi connectivity index (χ1) is 12.2. The molecule has 2 aromatic rings. The molecule has 0 fully saturated rings. The van der Waals surface area contributed by atoms with Gasteiger partial charge in [-0.1, -0.05) is 30.3 Å². The van der Waals surface area contributed by atoms with E-state index in [0.29, 0.717) is 24.6 Å². The summed E-state index contributed by atoms with van der Waals surface area (Å²) in [5.74, 6) is -0.264. The van der Waals surface area contributed by atoms with Gasteiger partial charge in [-0.05, 0) is 37.0 Å². The van der Waals surface area contributed by atoms with Crippen LogP contribution < -0.4 is 0 Å². The third kappa shape index (κ3) is 4.39. The second-order valence-electron chi connectivity index (χ2n) is 5.81. The van der Waals surface area contributed by atoms with Crippen LogP contribution in [0.3, 0.4) is 0 Å². The Morgan fingerprint density at radius 1 is 1.12 bits per heavy atom. The van der Waals surface area contributed by atoms with Gasteiger partial charge in [-0.2, -0.15) is 0 Å². The number of thiophene rings is 1. The zero-order chi connectivity index (χ0) is 17.6. The molecule has 2 heterocycles. The summed E-state index contributed by atoms with van der Waals surface area (Å²) in [7, 11) is 0. The fourth-order valence-electron chi connectivity index (χ4n) is 2.79. The fourth-order valence-corrected chi connectivity index (χ4v) is 3.88. The van der Waals surface area contributed by atoms with Crippen LogP contribution in [0.4, 0.5) is 4.79 Å². The van der Waals surface area contributed by atoms with E-state index in [-0.39, 0.29) is 18.7 Å². The van der Waals surface area contributed by atoms with E-state index in [1.54, 1.807) is 11.8 Å². The van der Waals surface area contributed by atoms with Crippen molar-refractivity contribution in [2.45, 2.75) is 26.4 Å². The number of hydrogen-bond donors (Lipinski definition) is 0. The van der Waals surface area contributed by atoms with E-state index in [2.05, 4.69) is 0 Å². The molecule has 0 atom stereocenters. The van der Waals surface area contributed by atoms with Gasteiger partial charge in [-0.15, -0.1) is 11.3 Å². The molecule has 0 aliphatic carbocycles. The second kappa shape index (κ2) is 8.16. The predicted molar refractivity (Wildman–Crippen MR) is 95.9 cm³/mol. The Hall–Kier alpha value is -2.34. The molecule has 1 aromatic heterocycles. The molecule has 3 rings (SSSR count). The number of carbonyl (C=O) groups is 2. The summed E-state index contributed by atoms with van der Waals surface area (Å²) in [6, 6.07) is 11.6. The van der Waals surface area contributed by atoms with Crippen molar-refractivity contribution in [2.24, 2.45) is 0 Å². The van der Waals surface area contributed by atoms with Crippen molar-refractivity contribution in [3.63, 3.8) is 0 Å². The van der Waals surface area contributed by atoms with Crippen LogP contribution in [0.5, 0.6) is 0 Å². The van der Waals surface area contributed by atoms with Gasteiger partial charge in [-0.25, -0.2) is 9.59 Å². The second-order valence-corrected chi connectivity index (χ2v) is 6.94. The lowest BCUT2D eigenvalue weighted by molar-refractivity contribution is 0.0531. The van der Waals surface area contributed by atoms with E-state index in [9.17, 15) is 9.59 Å². The molecule has 25 heavy (non-hydrogen) atoms. The van der Waals surface area contributed by atoms with Crippen molar-refractivity contribution < 1.29 is 19.1 Å². The van der Waals surface area contributed by atoms with E-state index in [0.717, 1.165) is 28.8 Å². The Morgan fingerprint density at radius 2 is 1.88 bits per heavy atom. The summed E-state index contributed by atoms with van der Waals surface area (Å²) in [5, 5.41) is 0. The smallest absolute Gasteiger partial charge is 0.410 e. The fraction of sp³-hybridized carbons (Fsp3) is 0.368. The summed E-state index contributed by atoms with van der Waals surface area (Å²) in [6.45, 7) is 3.66. The monoisotopic (exact) mass is 359 g/mol. The van der Waals surface area contributed by atoms with Gasteiger partial charge in [-0.3, -0.25) is 0 Å². The highest BCUT2D eigenvalue weighted by atomic mass is 32.1. The number of carbonyl (C=O) groups excluding carboxylic acids is 2. The maximum atomic E-state index is 12.3. The summed E-state index contributed by atoms with van der Waals surface area (Å²) >= 11 is 1.47. The van der Waals surface area contributed by atoms with Crippen molar-refractivity contribution in [1.29, 1.82) is 0 Å². The van der Waals surface area contributed by atoms with Crippen LogP contribution >= 0.6 is 11.3 Å². The highest BCUT2D eigenvalue weighted by Gasteiger charge is 2.23. The summed E-state index contributed by atoms with van der Waals surface area (Å²) < 4.78 is 10.5. The van der Waals surface area contributed by atoms with Gasteiger partial charge >= 0.3 is 12.1 Å². The highest BCUT2D eigenvalue weighted by molar-refractivity contribution is 7.14. The van der Waals surface area contributed by atoms with Crippen LogP contribution in [0, 0.1) is 0 Å². The number of hydrogen-bond acceptors (Lipinski definition) is 5. The van der Waals surface area contributed by atoms with Gasteiger partial charge in [0.15, 0.2) is 0 Å². The zero-order valence-corrected chi connectivity index (χ0v) is 15.0. The molecule has 132 valence electrons. The number of fused-ring (bicyclic) bond motifs is 1. The molecular weight excluding hydrogens is 338 g/mol. The third-order valence-corrected chi connectivity index (χ3v) is 5.31. The van der Waals surface area contributed by atoms with Crippen LogP contribution in [-0.2, 0) is 28.9 Å². The molecule has 0 bridgehead atoms. The first kappa shape index (κ1) is 17.5. The molecule has 0 saturated carbocycles. The molecule has 5 nitrogen and oxygen atoms in total. The average molecular weight is 359 g/mol. The maximum Gasteiger partial charge on any atom is 0.410 e. The third-order valence-electron chi connectivity index (χ3n) is 4.10. The van der Waals surface area contributed by atoms with E-state index >= 15 is 0 Å². The standard InChI is InChI=1S/C19H21NO4S/c1-2-23-18(21)17-12-15-8-10-20(11-9-16(15)25-17)19(22)24-13-14-6-4-3-5-7-14/h3-7,12H,2,8-11,13H2,1H3. The van der Waals surface area contributed by atoms with E-state index in [1.807, 2.05) is 36.4 Å². The van der Waals surface area contributed by atoms with Crippen molar-refractivity contribution in [1.82, 2.24) is 4.90 Å². The Morgan fingerprint density at radius 3 is 2.64 bits per heavy atom. The quantitative estimate of drug-likeness (QED) is 0.782. The molecular formula is C19H21NO4S. The lowest BCUT2D eigenvalue weighted by Crippen LogP contribution is -2.33. The normalized spacial score (nSPS) is 13.7. The number of amides is 1. The van der Waals surface area contributed by atoms with E-state index < -0.39 is 0 Å². The Balaban J connectivity index is 1.56. The molecule has 1 aliphatic rings. The van der Waals surface area contributed by atoms with Crippen molar-refractivity contribution in [2.75, 3.05) is 19.7 Å². The Labute approximate surface area is 151 Å². The zero-order valence-electron chi connectivity index (χ0n) is 14.2. The van der Waals surface area contributed by atoms with Crippen molar-refractivity contribution in [3.05, 3.63) is 57.3 Å². The van der Waals surface area contributed by atoms with Gasteiger partial charge in [0.25, 0.3) is 0 Å². The number of benzene rings is 1. The number of ether oxygens (including phenoxy) is 2. The lowest BCUT2D eigenvalue weighted by Gasteiger charge is -2.19. The topological polar surface area (TPSA) is 55.8 Å². The maximum absolute atomic E-state index is 12.3. The minimum absolute atomic E-state index is 0.264. The van der Waals surface area contributed by atoms with Crippen LogP contribution in [0.1, 0.15) is 32.6 Å². The first-order valence-corrected chi connectivity index (χ1v) is 9.23. The molecule has 0 saturated heterocycles. The molecule has 1 amide bonds. The molecule has 0 radical (unpaired) electrons. The molecule has 0 spiro atoms. The minimum atomic E-state index is -0.287. The predicted octanol–water partition coefficient (Wildman–Crippen LogP) is 3.66. The highest BCUT2D eigenvalue weighted by Crippen LogP contribution is 2.27. The van der Waals surface area contributed by atoms with E-state index in [4.69, 9.17) is 9.47 Å². The van der Waals surface area contributed by atoms with Crippen LogP contribution in [0.25, 0.3) is 0 Å². The average Bonchev–Trinajstić information content (AvgIpc) is 2.94. The Kier molecular flexibility index (Phi) is 5.71. The number of nitrogens with zero attached hydrogens (tertiary/aromatic N) is 1. The summed E-state index contributed by atoms with van der Waals surface area (Å²) in [5.41, 5.74) is 2.11. The van der Waals surface area contributed by atoms with Crippen molar-refractivity contribution >= 4 is 23.4 Å². The summed E-state index contributed by atoms with van der Waals surface area (Å²) in [4.78, 5) is 27.7. The van der Waals surface area contributed by atoms with Gasteiger partial charge in [0.05, 0.1) is 6.61 Å². The van der Waals surface area contributed by atoms with Gasteiger partial charge in [0.1, 0.15) is 11.5 Å². The SMILES string of the molecule is CCOC(=O)c1cc2c(s1)CCN(C(=O)OCc1ccccc1)CC2. The number of esters is 1. The van der Waals surface area contributed by atoms with Crippen LogP contribution in [-0.4, -0.2) is 36.7 Å². The number of rotatable bonds is 4. The van der Waals surface area contributed by atoms with Crippen LogP contribution in [0.2, 0.25) is 0 Å². The van der Waals surface area contributed by atoms with Gasteiger partial charge < -0.3 is 14.4 Å². The molecule has 6 heteroatoms. The van der Waals surface area contributed by atoms with Gasteiger partial charge in [0.2, 0.25) is 0 Å². The first-order valence-electron chi connectivity index (χ1n) is 8.41. The molecule has 0 N–H and O–H groups in total. The Bertz CT molecular complexity index is 716. The largest absolute Gasteiger partial charge is 0.462 e. The van der Waals surface area contributed by atoms with E-state index in [1.165, 1.54) is 11.3 Å². The summed E-state index contributed by atoms with van der Waals surface area (Å²) in [6.07, 6.45) is 1.18.